The van der Waals surface area contributed by atoms with Gasteiger partial charge >= 0.3 is 5.97 Å². The number of carbonyl (C=O) groups is 1. The Morgan fingerprint density at radius 2 is 1.09 bits per heavy atom. The predicted octanol–water partition coefficient (Wildman–Crippen LogP) is 6.83. The molecule has 3 rings (SSSR count). The molecular formula is C27H31O4S+. The monoisotopic (exact) mass is 451 g/mol. The van der Waals surface area contributed by atoms with E-state index < -0.39 is 16.9 Å². The highest BCUT2D eigenvalue weighted by atomic mass is 32.2. The Bertz CT molecular complexity index is 999. The minimum atomic E-state index is -0.932. The number of benzene rings is 3. The molecule has 0 saturated heterocycles. The van der Waals surface area contributed by atoms with E-state index in [2.05, 4.69) is 0 Å². The number of carboxylic acids is 1. The molecule has 3 aromatic rings. The molecule has 0 aromatic heterocycles. The van der Waals surface area contributed by atoms with Gasteiger partial charge in [-0.25, -0.2) is 4.79 Å². The second-order valence-electron chi connectivity index (χ2n) is 9.48. The highest BCUT2D eigenvalue weighted by Crippen LogP contribution is 2.35. The first kappa shape index (κ1) is 23.7. The van der Waals surface area contributed by atoms with Crippen molar-refractivity contribution in [3.8, 4) is 11.5 Å². The Kier molecular flexibility index (Phi) is 6.89. The van der Waals surface area contributed by atoms with Gasteiger partial charge in [0.1, 0.15) is 39.2 Å². The Labute approximate surface area is 193 Å². The molecule has 0 bridgehead atoms. The van der Waals surface area contributed by atoms with E-state index in [1.165, 1.54) is 0 Å². The van der Waals surface area contributed by atoms with Crippen LogP contribution >= 0.6 is 0 Å². The molecule has 0 amide bonds. The molecule has 5 heteroatoms. The van der Waals surface area contributed by atoms with Gasteiger partial charge in [0.25, 0.3) is 0 Å². The van der Waals surface area contributed by atoms with Gasteiger partial charge in [0, 0.05) is 0 Å². The van der Waals surface area contributed by atoms with E-state index >= 15 is 0 Å². The van der Waals surface area contributed by atoms with Gasteiger partial charge in [-0.15, -0.1) is 0 Å². The molecule has 0 fully saturated rings. The number of hydrogen-bond acceptors (Lipinski definition) is 3. The maximum absolute atomic E-state index is 12.0. The lowest BCUT2D eigenvalue weighted by atomic mass is 10.2. The van der Waals surface area contributed by atoms with Crippen molar-refractivity contribution >= 4 is 16.9 Å². The largest absolute Gasteiger partial charge is 0.488 e. The van der Waals surface area contributed by atoms with Crippen molar-refractivity contribution in [3.63, 3.8) is 0 Å². The standard InChI is InChI=1S/C27H30O4S/c1-26(2,3)30-19-11-15-21(16-12-19)32(24-10-8-7-9-23(24)25(28)29)22-17-13-20(14-18-22)31-27(4,5)6/h7-18H,1-6H3/p+1. The van der Waals surface area contributed by atoms with Crippen LogP contribution in [0.25, 0.3) is 0 Å². The molecular weight excluding hydrogens is 420 g/mol. The molecule has 1 N–H and O–H groups in total. The van der Waals surface area contributed by atoms with Crippen molar-refractivity contribution in [3.05, 3.63) is 78.4 Å². The van der Waals surface area contributed by atoms with E-state index in [-0.39, 0.29) is 11.2 Å². The topological polar surface area (TPSA) is 55.8 Å². The molecule has 3 aromatic carbocycles. The summed E-state index contributed by atoms with van der Waals surface area (Å²) in [5.41, 5.74) is -0.273. The van der Waals surface area contributed by atoms with Crippen LogP contribution in [0.4, 0.5) is 0 Å². The molecule has 0 saturated carbocycles. The molecule has 0 aliphatic rings. The Morgan fingerprint density at radius 3 is 1.47 bits per heavy atom. The van der Waals surface area contributed by atoms with Crippen LogP contribution in [0.3, 0.4) is 0 Å². The maximum atomic E-state index is 12.0. The highest BCUT2D eigenvalue weighted by Gasteiger charge is 2.33. The molecule has 0 unspecified atom stereocenters. The summed E-state index contributed by atoms with van der Waals surface area (Å²) in [4.78, 5) is 14.8. The zero-order valence-corrected chi connectivity index (χ0v) is 20.3. The fourth-order valence-electron chi connectivity index (χ4n) is 3.21. The first-order valence-electron chi connectivity index (χ1n) is 10.6. The predicted molar refractivity (Wildman–Crippen MR) is 129 cm³/mol. The molecule has 168 valence electrons. The molecule has 32 heavy (non-hydrogen) atoms. The summed E-state index contributed by atoms with van der Waals surface area (Å²) in [7, 11) is -0.602. The summed E-state index contributed by atoms with van der Waals surface area (Å²) in [5.74, 6) is 0.633. The molecule has 0 aliphatic carbocycles. The Morgan fingerprint density at radius 1 is 0.688 bits per heavy atom. The molecule has 0 heterocycles. The summed E-state index contributed by atoms with van der Waals surface area (Å²) in [6, 6.07) is 23.0. The van der Waals surface area contributed by atoms with Gasteiger partial charge < -0.3 is 14.6 Å². The van der Waals surface area contributed by atoms with Crippen LogP contribution in [0.15, 0.2) is 87.5 Å². The SMILES string of the molecule is CC(C)(C)Oc1ccc([S+](c2ccc(OC(C)(C)C)cc2)c2ccccc2C(=O)O)cc1. The zero-order chi connectivity index (χ0) is 23.5. The van der Waals surface area contributed by atoms with Crippen LogP contribution in [0.5, 0.6) is 11.5 Å². The van der Waals surface area contributed by atoms with E-state index in [9.17, 15) is 9.90 Å². The average molecular weight is 452 g/mol. The van der Waals surface area contributed by atoms with E-state index in [0.717, 1.165) is 26.2 Å². The number of aromatic carboxylic acids is 1. The lowest BCUT2D eigenvalue weighted by Crippen LogP contribution is -2.23. The first-order chi connectivity index (χ1) is 14.9. The Balaban J connectivity index is 2.06. The summed E-state index contributed by atoms with van der Waals surface area (Å²) >= 11 is 0. The van der Waals surface area contributed by atoms with Crippen LogP contribution in [-0.2, 0) is 10.9 Å². The van der Waals surface area contributed by atoms with Crippen LogP contribution in [0, 0.1) is 0 Å². The fourth-order valence-corrected chi connectivity index (χ4v) is 5.39. The van der Waals surface area contributed by atoms with Gasteiger partial charge in [-0.05, 0) is 102 Å². The minimum Gasteiger partial charge on any atom is -0.488 e. The van der Waals surface area contributed by atoms with Gasteiger partial charge in [0.05, 0.1) is 0 Å². The van der Waals surface area contributed by atoms with Crippen molar-refractivity contribution in [2.24, 2.45) is 0 Å². The van der Waals surface area contributed by atoms with Crippen LogP contribution in [0.1, 0.15) is 51.9 Å². The zero-order valence-electron chi connectivity index (χ0n) is 19.5. The molecule has 0 spiro atoms. The second kappa shape index (κ2) is 9.29. The third kappa shape index (κ3) is 6.30. The van der Waals surface area contributed by atoms with Gasteiger partial charge in [0.15, 0.2) is 14.7 Å². The maximum Gasteiger partial charge on any atom is 0.340 e. The minimum absolute atomic E-state index is 0.290. The van der Waals surface area contributed by atoms with Gasteiger partial charge in [-0.1, -0.05) is 12.1 Å². The third-order valence-electron chi connectivity index (χ3n) is 4.30. The van der Waals surface area contributed by atoms with Crippen molar-refractivity contribution in [1.82, 2.24) is 0 Å². The lowest BCUT2D eigenvalue weighted by Gasteiger charge is -2.21. The van der Waals surface area contributed by atoms with E-state index in [1.54, 1.807) is 12.1 Å². The third-order valence-corrected chi connectivity index (χ3v) is 6.59. The normalized spacial score (nSPS) is 12.0. The fraction of sp³-hybridized carbons (Fsp3) is 0.296. The second-order valence-corrected chi connectivity index (χ2v) is 11.5. The van der Waals surface area contributed by atoms with E-state index in [0.29, 0.717) is 5.56 Å². The number of hydrogen-bond donors (Lipinski definition) is 1. The Hall–Kier alpha value is -2.92. The summed E-state index contributed by atoms with van der Waals surface area (Å²) in [6.45, 7) is 12.1. The van der Waals surface area contributed by atoms with Crippen molar-refractivity contribution in [2.75, 3.05) is 0 Å². The van der Waals surface area contributed by atoms with Crippen molar-refractivity contribution < 1.29 is 19.4 Å². The number of rotatable bonds is 6. The quantitative estimate of drug-likeness (QED) is 0.417. The average Bonchev–Trinajstić information content (AvgIpc) is 2.69. The van der Waals surface area contributed by atoms with Crippen molar-refractivity contribution in [1.29, 1.82) is 0 Å². The van der Waals surface area contributed by atoms with E-state index in [1.807, 2.05) is 102 Å². The molecule has 0 radical (unpaired) electrons. The summed E-state index contributed by atoms with van der Waals surface area (Å²) < 4.78 is 11.9. The van der Waals surface area contributed by atoms with Gasteiger partial charge in [0.2, 0.25) is 0 Å². The number of carboxylic acid groups (broad SMARTS) is 1. The van der Waals surface area contributed by atoms with Crippen LogP contribution in [0.2, 0.25) is 0 Å². The molecule has 0 atom stereocenters. The lowest BCUT2D eigenvalue weighted by molar-refractivity contribution is 0.0693. The smallest absolute Gasteiger partial charge is 0.340 e. The highest BCUT2D eigenvalue weighted by molar-refractivity contribution is 7.97. The van der Waals surface area contributed by atoms with Crippen LogP contribution in [-0.4, -0.2) is 22.3 Å². The van der Waals surface area contributed by atoms with E-state index in [4.69, 9.17) is 9.47 Å². The first-order valence-corrected chi connectivity index (χ1v) is 11.8. The summed E-state index contributed by atoms with van der Waals surface area (Å²) in [6.07, 6.45) is 0. The number of ether oxygens (including phenoxy) is 2. The summed E-state index contributed by atoms with van der Waals surface area (Å²) in [5, 5.41) is 9.82. The van der Waals surface area contributed by atoms with Gasteiger partial charge in [-0.2, -0.15) is 0 Å². The van der Waals surface area contributed by atoms with Crippen LogP contribution < -0.4 is 9.47 Å². The van der Waals surface area contributed by atoms with Gasteiger partial charge in [-0.3, -0.25) is 0 Å². The van der Waals surface area contributed by atoms with Crippen molar-refractivity contribution in [2.45, 2.75) is 67.4 Å². The molecule has 4 nitrogen and oxygen atoms in total. The molecule has 0 aliphatic heterocycles.